The molecule has 3 rings (SSSR count). The first kappa shape index (κ1) is 11.8. The summed E-state index contributed by atoms with van der Waals surface area (Å²) in [5.41, 5.74) is 4.34. The van der Waals surface area contributed by atoms with Crippen LogP contribution in [-0.2, 0) is 12.8 Å². The van der Waals surface area contributed by atoms with Gasteiger partial charge in [0.05, 0.1) is 0 Å². The van der Waals surface area contributed by atoms with E-state index in [-0.39, 0.29) is 0 Å². The Bertz CT molecular complexity index is 545. The molecule has 0 aromatic heterocycles. The first-order valence-corrected chi connectivity index (χ1v) is 7.03. The second-order valence-electron chi connectivity index (χ2n) is 5.08. The smallest absolute Gasteiger partial charge is 0.0440 e. The van der Waals surface area contributed by atoms with Crippen LogP contribution in [0.4, 0.5) is 0 Å². The predicted molar refractivity (Wildman–Crippen MR) is 77.3 cm³/mol. The monoisotopic (exact) mass is 256 g/mol. The third kappa shape index (κ3) is 2.30. The topological polar surface area (TPSA) is 0 Å². The second-order valence-corrected chi connectivity index (χ2v) is 5.49. The van der Waals surface area contributed by atoms with Crippen LogP contribution < -0.4 is 0 Å². The largest absolute Gasteiger partial charge is 0.0840 e. The van der Waals surface area contributed by atoms with Crippen molar-refractivity contribution < 1.29 is 0 Å². The molecular weight excluding hydrogens is 240 g/mol. The molecule has 0 amide bonds. The van der Waals surface area contributed by atoms with Gasteiger partial charge in [0.25, 0.3) is 0 Å². The maximum atomic E-state index is 6.34. The Morgan fingerprint density at radius 1 is 0.889 bits per heavy atom. The normalized spacial score (nSPS) is 19.1. The summed E-state index contributed by atoms with van der Waals surface area (Å²) in [7, 11) is 0. The average Bonchev–Trinajstić information content (AvgIpc) is 2.61. The quantitative estimate of drug-likeness (QED) is 0.630. The van der Waals surface area contributed by atoms with Gasteiger partial charge in [0.15, 0.2) is 0 Å². The number of aryl methyl sites for hydroxylation is 1. The van der Waals surface area contributed by atoms with E-state index in [1.54, 1.807) is 0 Å². The van der Waals surface area contributed by atoms with Gasteiger partial charge in [-0.1, -0.05) is 54.1 Å². The SMILES string of the molecule is Clc1ccccc1C1CCCc2ccccc2C1. The molecule has 1 aliphatic carbocycles. The van der Waals surface area contributed by atoms with E-state index in [0.29, 0.717) is 5.92 Å². The fraction of sp³-hybridized carbons (Fsp3) is 0.294. The zero-order chi connectivity index (χ0) is 12.4. The number of hydrogen-bond donors (Lipinski definition) is 0. The lowest BCUT2D eigenvalue weighted by Crippen LogP contribution is -2.02. The van der Waals surface area contributed by atoms with Crippen molar-refractivity contribution in [2.24, 2.45) is 0 Å². The molecule has 0 bridgehead atoms. The highest BCUT2D eigenvalue weighted by molar-refractivity contribution is 6.31. The summed E-state index contributed by atoms with van der Waals surface area (Å²) in [5, 5.41) is 0.918. The number of fused-ring (bicyclic) bond motifs is 1. The predicted octanol–water partition coefficient (Wildman–Crippen LogP) is 5.00. The van der Waals surface area contributed by atoms with Crippen molar-refractivity contribution in [3.8, 4) is 0 Å². The average molecular weight is 257 g/mol. The van der Waals surface area contributed by atoms with Crippen molar-refractivity contribution in [1.82, 2.24) is 0 Å². The maximum absolute atomic E-state index is 6.34. The van der Waals surface area contributed by atoms with E-state index in [1.807, 2.05) is 12.1 Å². The molecule has 0 saturated carbocycles. The molecule has 92 valence electrons. The molecule has 1 aliphatic rings. The van der Waals surface area contributed by atoms with Crippen LogP contribution in [0.15, 0.2) is 48.5 Å². The molecule has 0 heterocycles. The molecule has 0 spiro atoms. The van der Waals surface area contributed by atoms with E-state index < -0.39 is 0 Å². The van der Waals surface area contributed by atoms with Gasteiger partial charge in [-0.05, 0) is 54.4 Å². The van der Waals surface area contributed by atoms with Gasteiger partial charge in [-0.2, -0.15) is 0 Å². The van der Waals surface area contributed by atoms with E-state index in [4.69, 9.17) is 11.6 Å². The molecule has 1 atom stereocenters. The third-order valence-electron chi connectivity index (χ3n) is 3.93. The Balaban J connectivity index is 1.94. The summed E-state index contributed by atoms with van der Waals surface area (Å²) in [6.07, 6.45) is 4.82. The Hall–Kier alpha value is -1.27. The highest BCUT2D eigenvalue weighted by atomic mass is 35.5. The molecule has 0 N–H and O–H groups in total. The van der Waals surface area contributed by atoms with Gasteiger partial charge >= 0.3 is 0 Å². The fourth-order valence-corrected chi connectivity index (χ4v) is 3.27. The van der Waals surface area contributed by atoms with Crippen LogP contribution in [0.1, 0.15) is 35.4 Å². The number of rotatable bonds is 1. The summed E-state index contributed by atoms with van der Waals surface area (Å²) in [6.45, 7) is 0. The summed E-state index contributed by atoms with van der Waals surface area (Å²) < 4.78 is 0. The molecule has 2 aromatic rings. The van der Waals surface area contributed by atoms with Crippen LogP contribution >= 0.6 is 11.6 Å². The Labute approximate surface area is 114 Å². The number of halogens is 1. The summed E-state index contributed by atoms with van der Waals surface area (Å²) in [6, 6.07) is 17.1. The van der Waals surface area contributed by atoms with Crippen LogP contribution in [0.3, 0.4) is 0 Å². The Morgan fingerprint density at radius 2 is 1.61 bits per heavy atom. The minimum atomic E-state index is 0.572. The van der Waals surface area contributed by atoms with E-state index in [1.165, 1.54) is 36.0 Å². The van der Waals surface area contributed by atoms with E-state index >= 15 is 0 Å². The molecule has 0 radical (unpaired) electrons. The van der Waals surface area contributed by atoms with Gasteiger partial charge in [0.2, 0.25) is 0 Å². The van der Waals surface area contributed by atoms with Crippen LogP contribution in [0.5, 0.6) is 0 Å². The minimum absolute atomic E-state index is 0.572. The zero-order valence-corrected chi connectivity index (χ0v) is 11.2. The number of benzene rings is 2. The van der Waals surface area contributed by atoms with Crippen LogP contribution in [0, 0.1) is 0 Å². The highest BCUT2D eigenvalue weighted by Gasteiger charge is 2.19. The van der Waals surface area contributed by atoms with Gasteiger partial charge in [0, 0.05) is 5.02 Å². The summed E-state index contributed by atoms with van der Waals surface area (Å²) >= 11 is 6.34. The van der Waals surface area contributed by atoms with E-state index in [0.717, 1.165) is 11.4 Å². The summed E-state index contributed by atoms with van der Waals surface area (Å²) in [4.78, 5) is 0. The van der Waals surface area contributed by atoms with Crippen molar-refractivity contribution in [3.63, 3.8) is 0 Å². The van der Waals surface area contributed by atoms with Gasteiger partial charge < -0.3 is 0 Å². The minimum Gasteiger partial charge on any atom is -0.0840 e. The van der Waals surface area contributed by atoms with Crippen molar-refractivity contribution in [3.05, 3.63) is 70.2 Å². The molecule has 0 saturated heterocycles. The Kier molecular flexibility index (Phi) is 3.38. The first-order valence-electron chi connectivity index (χ1n) is 6.66. The van der Waals surface area contributed by atoms with Crippen LogP contribution in [-0.4, -0.2) is 0 Å². The lowest BCUT2D eigenvalue weighted by Gasteiger charge is -2.16. The molecule has 1 heteroatoms. The molecule has 18 heavy (non-hydrogen) atoms. The molecular formula is C17H17Cl. The fourth-order valence-electron chi connectivity index (χ4n) is 2.98. The number of hydrogen-bond acceptors (Lipinski definition) is 0. The van der Waals surface area contributed by atoms with Gasteiger partial charge in [-0.25, -0.2) is 0 Å². The zero-order valence-electron chi connectivity index (χ0n) is 10.4. The molecule has 1 unspecified atom stereocenters. The van der Waals surface area contributed by atoms with Gasteiger partial charge in [-0.3, -0.25) is 0 Å². The first-order chi connectivity index (χ1) is 8.84. The van der Waals surface area contributed by atoms with Crippen molar-refractivity contribution in [2.45, 2.75) is 31.6 Å². The molecule has 0 fully saturated rings. The van der Waals surface area contributed by atoms with Gasteiger partial charge in [0.1, 0.15) is 0 Å². The van der Waals surface area contributed by atoms with Gasteiger partial charge in [-0.15, -0.1) is 0 Å². The Morgan fingerprint density at radius 3 is 2.44 bits per heavy atom. The standard InChI is InChI=1S/C17H17Cl/c18-17-11-4-3-10-16(17)15-9-5-8-13-6-1-2-7-14(13)12-15/h1-4,6-7,10-11,15H,5,8-9,12H2. The van der Waals surface area contributed by atoms with E-state index in [2.05, 4.69) is 36.4 Å². The van der Waals surface area contributed by atoms with Crippen LogP contribution in [0.25, 0.3) is 0 Å². The molecule has 0 aliphatic heterocycles. The van der Waals surface area contributed by atoms with Crippen molar-refractivity contribution in [1.29, 1.82) is 0 Å². The molecule has 0 nitrogen and oxygen atoms in total. The summed E-state index contributed by atoms with van der Waals surface area (Å²) in [5.74, 6) is 0.572. The lowest BCUT2D eigenvalue weighted by atomic mass is 9.90. The second kappa shape index (κ2) is 5.16. The van der Waals surface area contributed by atoms with Crippen molar-refractivity contribution >= 4 is 11.6 Å². The van der Waals surface area contributed by atoms with E-state index in [9.17, 15) is 0 Å². The van der Waals surface area contributed by atoms with Crippen molar-refractivity contribution in [2.75, 3.05) is 0 Å². The lowest BCUT2D eigenvalue weighted by molar-refractivity contribution is 0.613. The highest BCUT2D eigenvalue weighted by Crippen LogP contribution is 2.34. The van der Waals surface area contributed by atoms with Crippen LogP contribution in [0.2, 0.25) is 5.02 Å². The molecule has 2 aromatic carbocycles. The third-order valence-corrected chi connectivity index (χ3v) is 4.27. The maximum Gasteiger partial charge on any atom is 0.0440 e.